The van der Waals surface area contributed by atoms with Crippen molar-refractivity contribution in [3.05, 3.63) is 48.6 Å². The van der Waals surface area contributed by atoms with Crippen LogP contribution in [0, 0.1) is 0 Å². The zero-order valence-corrected chi connectivity index (χ0v) is 48.9. The van der Waals surface area contributed by atoms with E-state index in [4.69, 9.17) is 14.2 Å². The van der Waals surface area contributed by atoms with E-state index >= 15 is 0 Å². The molecule has 1 atom stereocenters. The van der Waals surface area contributed by atoms with Gasteiger partial charge in [0, 0.05) is 19.3 Å². The highest BCUT2D eigenvalue weighted by molar-refractivity contribution is 5.71. The van der Waals surface area contributed by atoms with Crippen molar-refractivity contribution < 1.29 is 28.6 Å². The molecule has 0 spiro atoms. The van der Waals surface area contributed by atoms with Gasteiger partial charge in [0.05, 0.1) is 0 Å². The fourth-order valence-corrected chi connectivity index (χ4v) is 9.45. The van der Waals surface area contributed by atoms with E-state index in [1.165, 1.54) is 225 Å². The molecule has 0 aliphatic carbocycles. The standard InChI is InChI=1S/C67H122O6/c1-4-7-10-13-16-19-21-23-25-27-29-31-32-33-34-36-37-39-41-43-45-48-51-54-57-60-66(69)72-63-64(62-71-65(68)59-56-53-50-47-18-15-12-9-6-3)73-67(70)61-58-55-52-49-46-44-42-40-38-35-30-28-26-24-22-20-17-14-11-8-5-2/h22,24,27-30,38,40,64H,4-21,23,25-26,31-37,39,41-63H2,1-3H3/b24-22-,29-27-,30-28-,40-38-. The predicted octanol–water partition coefficient (Wildman–Crippen LogP) is 21.8. The minimum absolute atomic E-state index is 0.0753. The first-order valence-electron chi connectivity index (χ1n) is 32.1. The summed E-state index contributed by atoms with van der Waals surface area (Å²) in [5, 5.41) is 0. The number of hydrogen-bond acceptors (Lipinski definition) is 6. The summed E-state index contributed by atoms with van der Waals surface area (Å²) in [6.07, 6.45) is 77.0. The SMILES string of the molecule is CCCCCCC/C=C\C/C=C\C/C=C\CCCCCCCCC(=O)OC(COC(=O)CCCCCCCCCCC)COC(=O)CCCCCCCCCCCCCCC/C=C\CCCCCCCCCC. The van der Waals surface area contributed by atoms with Gasteiger partial charge in [-0.15, -0.1) is 0 Å². The Labute approximate surface area is 454 Å². The monoisotopic (exact) mass is 1020 g/mol. The summed E-state index contributed by atoms with van der Waals surface area (Å²) >= 11 is 0. The van der Waals surface area contributed by atoms with Crippen LogP contribution in [0.5, 0.6) is 0 Å². The number of allylic oxidation sites excluding steroid dienone is 8. The van der Waals surface area contributed by atoms with Gasteiger partial charge in [-0.2, -0.15) is 0 Å². The van der Waals surface area contributed by atoms with Crippen LogP contribution >= 0.6 is 0 Å². The van der Waals surface area contributed by atoms with Crippen LogP contribution in [0.25, 0.3) is 0 Å². The van der Waals surface area contributed by atoms with E-state index in [2.05, 4.69) is 69.4 Å². The van der Waals surface area contributed by atoms with Gasteiger partial charge in [-0.3, -0.25) is 14.4 Å². The third-order valence-electron chi connectivity index (χ3n) is 14.3. The Hall–Kier alpha value is -2.63. The number of esters is 3. The molecule has 0 saturated heterocycles. The number of unbranched alkanes of at least 4 members (excludes halogenated alkanes) is 40. The van der Waals surface area contributed by atoms with E-state index in [1.807, 2.05) is 0 Å². The van der Waals surface area contributed by atoms with Crippen LogP contribution in [-0.4, -0.2) is 37.2 Å². The second-order valence-corrected chi connectivity index (χ2v) is 21.7. The minimum atomic E-state index is -0.778. The molecule has 6 heteroatoms. The smallest absolute Gasteiger partial charge is 0.306 e. The van der Waals surface area contributed by atoms with Crippen LogP contribution in [0.4, 0.5) is 0 Å². The lowest BCUT2D eigenvalue weighted by atomic mass is 10.0. The minimum Gasteiger partial charge on any atom is -0.462 e. The molecule has 0 aromatic rings. The summed E-state index contributed by atoms with van der Waals surface area (Å²) in [7, 11) is 0. The largest absolute Gasteiger partial charge is 0.462 e. The topological polar surface area (TPSA) is 78.9 Å². The van der Waals surface area contributed by atoms with Gasteiger partial charge in [0.2, 0.25) is 0 Å². The van der Waals surface area contributed by atoms with E-state index in [1.54, 1.807) is 0 Å². The molecule has 6 nitrogen and oxygen atoms in total. The molecule has 0 aromatic heterocycles. The first kappa shape index (κ1) is 70.4. The van der Waals surface area contributed by atoms with E-state index in [0.717, 1.165) is 77.0 Å². The van der Waals surface area contributed by atoms with Crippen molar-refractivity contribution in [2.75, 3.05) is 13.2 Å². The van der Waals surface area contributed by atoms with Crippen LogP contribution in [-0.2, 0) is 28.6 Å². The lowest BCUT2D eigenvalue weighted by molar-refractivity contribution is -0.167. The number of ether oxygens (including phenoxy) is 3. The Balaban J connectivity index is 4.20. The highest BCUT2D eigenvalue weighted by atomic mass is 16.6. The molecule has 0 saturated carbocycles. The van der Waals surface area contributed by atoms with Crippen molar-refractivity contribution in [3.8, 4) is 0 Å². The second-order valence-electron chi connectivity index (χ2n) is 21.7. The summed E-state index contributed by atoms with van der Waals surface area (Å²) in [6, 6.07) is 0. The van der Waals surface area contributed by atoms with Gasteiger partial charge in [-0.25, -0.2) is 0 Å². The first-order valence-corrected chi connectivity index (χ1v) is 32.1. The number of carbonyl (C=O) groups excluding carboxylic acids is 3. The molecule has 0 rings (SSSR count). The Morgan fingerprint density at radius 2 is 0.493 bits per heavy atom. The van der Waals surface area contributed by atoms with Gasteiger partial charge in [-0.05, 0) is 83.5 Å². The Bertz CT molecular complexity index is 1270. The van der Waals surface area contributed by atoms with E-state index in [0.29, 0.717) is 19.3 Å². The molecule has 426 valence electrons. The highest BCUT2D eigenvalue weighted by Gasteiger charge is 2.19. The number of rotatable bonds is 59. The fraction of sp³-hybridized carbons (Fsp3) is 0.836. The summed E-state index contributed by atoms with van der Waals surface area (Å²) in [6.45, 7) is 6.64. The van der Waals surface area contributed by atoms with Crippen molar-refractivity contribution >= 4 is 17.9 Å². The van der Waals surface area contributed by atoms with Crippen molar-refractivity contribution in [1.29, 1.82) is 0 Å². The van der Waals surface area contributed by atoms with E-state index < -0.39 is 6.10 Å². The maximum atomic E-state index is 12.9. The highest BCUT2D eigenvalue weighted by Crippen LogP contribution is 2.17. The van der Waals surface area contributed by atoms with Crippen molar-refractivity contribution in [1.82, 2.24) is 0 Å². The van der Waals surface area contributed by atoms with Gasteiger partial charge in [0.25, 0.3) is 0 Å². The van der Waals surface area contributed by atoms with Crippen molar-refractivity contribution in [3.63, 3.8) is 0 Å². The van der Waals surface area contributed by atoms with Crippen molar-refractivity contribution in [2.24, 2.45) is 0 Å². The molecule has 0 aromatic carbocycles. The molecule has 0 bridgehead atoms. The van der Waals surface area contributed by atoms with Crippen LogP contribution in [0.1, 0.15) is 342 Å². The predicted molar refractivity (Wildman–Crippen MR) is 316 cm³/mol. The molecule has 73 heavy (non-hydrogen) atoms. The molecule has 0 amide bonds. The molecule has 0 radical (unpaired) electrons. The third kappa shape index (κ3) is 60.1. The average Bonchev–Trinajstić information content (AvgIpc) is 3.39. The third-order valence-corrected chi connectivity index (χ3v) is 14.3. The maximum Gasteiger partial charge on any atom is 0.306 e. The quantitative estimate of drug-likeness (QED) is 0.0261. The summed E-state index contributed by atoms with van der Waals surface area (Å²) in [4.78, 5) is 38.2. The Morgan fingerprint density at radius 3 is 0.781 bits per heavy atom. The molecular formula is C67H122O6. The molecule has 0 aliphatic heterocycles. The fourth-order valence-electron chi connectivity index (χ4n) is 9.45. The summed E-state index contributed by atoms with van der Waals surface area (Å²) in [5.74, 6) is -0.873. The molecule has 0 aliphatic rings. The summed E-state index contributed by atoms with van der Waals surface area (Å²) in [5.41, 5.74) is 0. The number of hydrogen-bond donors (Lipinski definition) is 0. The van der Waals surface area contributed by atoms with Gasteiger partial charge in [0.15, 0.2) is 6.10 Å². The van der Waals surface area contributed by atoms with Crippen LogP contribution in [0.15, 0.2) is 48.6 Å². The lowest BCUT2D eigenvalue weighted by Crippen LogP contribution is -2.30. The molecule has 0 fully saturated rings. The molecule has 0 heterocycles. The van der Waals surface area contributed by atoms with Crippen molar-refractivity contribution in [2.45, 2.75) is 348 Å². The maximum absolute atomic E-state index is 12.9. The second kappa shape index (κ2) is 61.9. The Kier molecular flexibility index (Phi) is 59.7. The normalized spacial score (nSPS) is 12.3. The van der Waals surface area contributed by atoms with E-state index in [9.17, 15) is 14.4 Å². The first-order chi connectivity index (χ1) is 36.0. The zero-order chi connectivity index (χ0) is 52.9. The van der Waals surface area contributed by atoms with Crippen LogP contribution in [0.2, 0.25) is 0 Å². The van der Waals surface area contributed by atoms with Crippen LogP contribution < -0.4 is 0 Å². The van der Waals surface area contributed by atoms with Crippen LogP contribution in [0.3, 0.4) is 0 Å². The lowest BCUT2D eigenvalue weighted by Gasteiger charge is -2.18. The molecule has 0 N–H and O–H groups in total. The van der Waals surface area contributed by atoms with Gasteiger partial charge in [-0.1, -0.05) is 288 Å². The summed E-state index contributed by atoms with van der Waals surface area (Å²) < 4.78 is 16.9. The van der Waals surface area contributed by atoms with Gasteiger partial charge < -0.3 is 14.2 Å². The zero-order valence-electron chi connectivity index (χ0n) is 48.9. The van der Waals surface area contributed by atoms with E-state index in [-0.39, 0.29) is 31.1 Å². The molecular weight excluding hydrogens is 901 g/mol. The van der Waals surface area contributed by atoms with Gasteiger partial charge in [0.1, 0.15) is 13.2 Å². The van der Waals surface area contributed by atoms with Gasteiger partial charge >= 0.3 is 17.9 Å². The molecule has 1 unspecified atom stereocenters. The number of carbonyl (C=O) groups is 3. The average molecular weight is 1020 g/mol. The Morgan fingerprint density at radius 1 is 0.274 bits per heavy atom.